The first-order chi connectivity index (χ1) is 6.07. The molecule has 0 spiro atoms. The van der Waals surface area contributed by atoms with Gasteiger partial charge >= 0.3 is 5.97 Å². The molecule has 0 aliphatic rings. The van der Waals surface area contributed by atoms with Gasteiger partial charge in [-0.3, -0.25) is 4.79 Å². The van der Waals surface area contributed by atoms with Crippen molar-refractivity contribution in [2.45, 2.75) is 20.3 Å². The Morgan fingerprint density at radius 2 is 2.23 bits per heavy atom. The summed E-state index contributed by atoms with van der Waals surface area (Å²) < 4.78 is 0. The molecule has 0 atom stereocenters. The predicted octanol–water partition coefficient (Wildman–Crippen LogP) is 3.24. The van der Waals surface area contributed by atoms with Crippen LogP contribution in [0.15, 0.2) is 22.1 Å². The molecule has 1 N–H and O–H groups in total. The van der Waals surface area contributed by atoms with Gasteiger partial charge in [-0.05, 0) is 13.8 Å². The number of carbonyl (C=O) groups is 1. The predicted molar refractivity (Wildman–Crippen MR) is 58.1 cm³/mol. The van der Waals surface area contributed by atoms with E-state index in [4.69, 9.17) is 16.7 Å². The van der Waals surface area contributed by atoms with Crippen molar-refractivity contribution in [2.24, 2.45) is 0 Å². The standard InChI is InChI=1S/C9H13ClO2S/c1-3-4-8(7(2)10)13-6-5-9(11)12/h3-4H,5-6H2,1-2H3,(H,11,12)/b4-3-,8-7-. The maximum Gasteiger partial charge on any atom is 0.304 e. The minimum atomic E-state index is -0.778. The third-order valence-electron chi connectivity index (χ3n) is 1.23. The second-order valence-electron chi connectivity index (χ2n) is 2.39. The summed E-state index contributed by atoms with van der Waals surface area (Å²) in [6, 6.07) is 0. The normalized spacial score (nSPS) is 13.2. The Kier molecular flexibility index (Phi) is 6.82. The minimum absolute atomic E-state index is 0.163. The van der Waals surface area contributed by atoms with Gasteiger partial charge in [0.1, 0.15) is 0 Å². The minimum Gasteiger partial charge on any atom is -0.481 e. The third kappa shape index (κ3) is 6.72. The van der Waals surface area contributed by atoms with Crippen LogP contribution in [0.2, 0.25) is 0 Å². The molecular formula is C9H13ClO2S. The number of allylic oxidation sites excluding steroid dienone is 3. The Bertz CT molecular complexity index is 230. The van der Waals surface area contributed by atoms with Crippen molar-refractivity contribution in [2.75, 3.05) is 5.75 Å². The highest BCUT2D eigenvalue weighted by atomic mass is 35.5. The van der Waals surface area contributed by atoms with E-state index in [9.17, 15) is 4.79 Å². The van der Waals surface area contributed by atoms with Crippen LogP contribution in [-0.4, -0.2) is 16.8 Å². The van der Waals surface area contributed by atoms with Gasteiger partial charge in [0.05, 0.1) is 6.42 Å². The highest BCUT2D eigenvalue weighted by Crippen LogP contribution is 2.24. The maximum absolute atomic E-state index is 10.2. The summed E-state index contributed by atoms with van der Waals surface area (Å²) >= 11 is 7.26. The molecule has 0 aromatic heterocycles. The fraction of sp³-hybridized carbons (Fsp3) is 0.444. The van der Waals surface area contributed by atoms with Gasteiger partial charge < -0.3 is 5.11 Å². The van der Waals surface area contributed by atoms with E-state index in [1.54, 1.807) is 6.92 Å². The van der Waals surface area contributed by atoms with E-state index in [-0.39, 0.29) is 6.42 Å². The lowest BCUT2D eigenvalue weighted by atomic mass is 10.4. The number of aliphatic carboxylic acids is 1. The number of carboxylic acid groups (broad SMARTS) is 1. The molecule has 74 valence electrons. The number of carboxylic acids is 1. The molecule has 0 saturated heterocycles. The topological polar surface area (TPSA) is 37.3 Å². The average molecular weight is 221 g/mol. The molecule has 4 heteroatoms. The van der Waals surface area contributed by atoms with E-state index in [0.717, 1.165) is 4.91 Å². The van der Waals surface area contributed by atoms with Crippen molar-refractivity contribution < 1.29 is 9.90 Å². The van der Waals surface area contributed by atoms with Crippen LogP contribution >= 0.6 is 23.4 Å². The van der Waals surface area contributed by atoms with Crippen molar-refractivity contribution in [1.82, 2.24) is 0 Å². The molecule has 0 saturated carbocycles. The van der Waals surface area contributed by atoms with Gasteiger partial charge in [0.15, 0.2) is 0 Å². The summed E-state index contributed by atoms with van der Waals surface area (Å²) in [5.41, 5.74) is 0. The number of hydrogen-bond acceptors (Lipinski definition) is 2. The molecule has 0 radical (unpaired) electrons. The second-order valence-corrected chi connectivity index (χ2v) is 4.09. The molecule has 0 heterocycles. The molecule has 0 rings (SSSR count). The molecule has 0 aromatic carbocycles. The highest BCUT2D eigenvalue weighted by molar-refractivity contribution is 8.03. The van der Waals surface area contributed by atoms with Crippen LogP contribution in [0.1, 0.15) is 20.3 Å². The molecule has 0 bridgehead atoms. The number of hydrogen-bond donors (Lipinski definition) is 1. The van der Waals surface area contributed by atoms with Gasteiger partial charge in [0, 0.05) is 15.7 Å². The Morgan fingerprint density at radius 1 is 1.62 bits per heavy atom. The summed E-state index contributed by atoms with van der Waals surface area (Å²) in [5, 5.41) is 9.12. The van der Waals surface area contributed by atoms with Gasteiger partial charge in [0.2, 0.25) is 0 Å². The Hall–Kier alpha value is -0.410. The van der Waals surface area contributed by atoms with E-state index < -0.39 is 5.97 Å². The molecule has 0 unspecified atom stereocenters. The van der Waals surface area contributed by atoms with Crippen molar-refractivity contribution in [3.05, 3.63) is 22.1 Å². The first-order valence-corrected chi connectivity index (χ1v) is 5.28. The molecule has 0 aliphatic carbocycles. The third-order valence-corrected chi connectivity index (χ3v) is 2.71. The molecule has 0 amide bonds. The zero-order valence-corrected chi connectivity index (χ0v) is 9.28. The van der Waals surface area contributed by atoms with Crippen molar-refractivity contribution >= 4 is 29.3 Å². The summed E-state index contributed by atoms with van der Waals surface area (Å²) in [4.78, 5) is 11.2. The van der Waals surface area contributed by atoms with Crippen LogP contribution in [0, 0.1) is 0 Å². The molecule has 0 aliphatic heterocycles. The quantitative estimate of drug-likeness (QED) is 0.723. The van der Waals surface area contributed by atoms with Gasteiger partial charge in [-0.15, -0.1) is 11.8 Å². The summed E-state index contributed by atoms with van der Waals surface area (Å²) in [6.45, 7) is 3.70. The van der Waals surface area contributed by atoms with Crippen LogP contribution in [-0.2, 0) is 4.79 Å². The monoisotopic (exact) mass is 220 g/mol. The van der Waals surface area contributed by atoms with Crippen molar-refractivity contribution in [3.8, 4) is 0 Å². The van der Waals surface area contributed by atoms with E-state index in [1.165, 1.54) is 11.8 Å². The van der Waals surface area contributed by atoms with Gasteiger partial charge in [-0.1, -0.05) is 23.8 Å². The van der Waals surface area contributed by atoms with Crippen LogP contribution < -0.4 is 0 Å². The first-order valence-electron chi connectivity index (χ1n) is 3.91. The zero-order valence-electron chi connectivity index (χ0n) is 7.71. The van der Waals surface area contributed by atoms with E-state index >= 15 is 0 Å². The van der Waals surface area contributed by atoms with Gasteiger partial charge in [-0.2, -0.15) is 0 Å². The van der Waals surface area contributed by atoms with E-state index in [1.807, 2.05) is 19.1 Å². The smallest absolute Gasteiger partial charge is 0.304 e. The summed E-state index contributed by atoms with van der Waals surface area (Å²) in [5.74, 6) is -0.224. The fourth-order valence-corrected chi connectivity index (χ4v) is 1.82. The summed E-state index contributed by atoms with van der Waals surface area (Å²) in [7, 11) is 0. The number of rotatable bonds is 5. The lowest BCUT2D eigenvalue weighted by Crippen LogP contribution is -1.95. The summed E-state index contributed by atoms with van der Waals surface area (Å²) in [6.07, 6.45) is 3.93. The molecule has 0 fully saturated rings. The van der Waals surface area contributed by atoms with E-state index in [2.05, 4.69) is 0 Å². The average Bonchev–Trinajstić information content (AvgIpc) is 2.02. The maximum atomic E-state index is 10.2. The second kappa shape index (κ2) is 7.04. The Labute approximate surface area is 87.7 Å². The lowest BCUT2D eigenvalue weighted by molar-refractivity contribution is -0.136. The largest absolute Gasteiger partial charge is 0.481 e. The molecule has 13 heavy (non-hydrogen) atoms. The Balaban J connectivity index is 4.00. The van der Waals surface area contributed by atoms with E-state index in [0.29, 0.717) is 10.8 Å². The highest BCUT2D eigenvalue weighted by Gasteiger charge is 2.00. The van der Waals surface area contributed by atoms with Gasteiger partial charge in [0.25, 0.3) is 0 Å². The first kappa shape index (κ1) is 12.6. The van der Waals surface area contributed by atoms with Crippen molar-refractivity contribution in [3.63, 3.8) is 0 Å². The zero-order chi connectivity index (χ0) is 10.3. The van der Waals surface area contributed by atoms with Crippen LogP contribution in [0.3, 0.4) is 0 Å². The van der Waals surface area contributed by atoms with Crippen LogP contribution in [0.4, 0.5) is 0 Å². The number of halogens is 1. The lowest BCUT2D eigenvalue weighted by Gasteiger charge is -2.01. The van der Waals surface area contributed by atoms with Crippen LogP contribution in [0.5, 0.6) is 0 Å². The SMILES string of the molecule is C/C=C\C(SCCC(=O)O)=C(/C)Cl. The molecule has 0 aromatic rings. The Morgan fingerprint density at radius 3 is 2.62 bits per heavy atom. The van der Waals surface area contributed by atoms with Crippen LogP contribution in [0.25, 0.3) is 0 Å². The molecular weight excluding hydrogens is 208 g/mol. The van der Waals surface area contributed by atoms with Crippen molar-refractivity contribution in [1.29, 1.82) is 0 Å². The number of thioether (sulfide) groups is 1. The fourth-order valence-electron chi connectivity index (χ4n) is 0.662. The molecule has 2 nitrogen and oxygen atoms in total. The van der Waals surface area contributed by atoms with Gasteiger partial charge in [-0.25, -0.2) is 0 Å².